The number of hydrogen-bond donors (Lipinski definition) is 2. The molecule has 4 aliphatic rings. The van der Waals surface area contributed by atoms with Crippen molar-refractivity contribution in [3.63, 3.8) is 0 Å². The number of aryl methyl sites for hydroxylation is 1. The second kappa shape index (κ2) is 9.45. The summed E-state index contributed by atoms with van der Waals surface area (Å²) >= 11 is 0. The van der Waals surface area contributed by atoms with E-state index in [1.54, 1.807) is 18.2 Å². The van der Waals surface area contributed by atoms with Gasteiger partial charge in [-0.3, -0.25) is 9.59 Å². The van der Waals surface area contributed by atoms with Gasteiger partial charge in [-0.2, -0.15) is 0 Å². The Labute approximate surface area is 221 Å². The highest BCUT2D eigenvalue weighted by atomic mass is 16.6. The zero-order chi connectivity index (χ0) is 26.4. The van der Waals surface area contributed by atoms with E-state index in [4.69, 9.17) is 4.74 Å². The lowest BCUT2D eigenvalue weighted by molar-refractivity contribution is -0.143. The molecule has 6 rings (SSSR count). The quantitative estimate of drug-likeness (QED) is 0.555. The number of urea groups is 1. The maximum atomic E-state index is 13.8. The number of benzene rings is 2. The van der Waals surface area contributed by atoms with E-state index in [9.17, 15) is 19.2 Å². The fourth-order valence-electron chi connectivity index (χ4n) is 6.06. The molecule has 1 atom stereocenters. The number of ether oxygens (including phenoxy) is 1. The van der Waals surface area contributed by atoms with Crippen LogP contribution in [0.2, 0.25) is 0 Å². The molecule has 3 aliphatic carbocycles. The molecule has 9 heteroatoms. The molecule has 2 saturated carbocycles. The lowest BCUT2D eigenvalue weighted by Gasteiger charge is -2.33. The van der Waals surface area contributed by atoms with Gasteiger partial charge in [-0.1, -0.05) is 36.4 Å². The van der Waals surface area contributed by atoms with Crippen LogP contribution in [-0.2, 0) is 32.9 Å². The minimum absolute atomic E-state index is 0.142. The molecule has 0 radical (unpaired) electrons. The Kier molecular flexibility index (Phi) is 6.08. The van der Waals surface area contributed by atoms with E-state index >= 15 is 0 Å². The fourth-order valence-corrected chi connectivity index (χ4v) is 6.06. The predicted octanol–water partition coefficient (Wildman–Crippen LogP) is 3.78. The molecule has 198 valence electrons. The molecule has 2 N–H and O–H groups in total. The van der Waals surface area contributed by atoms with Crippen molar-refractivity contribution in [2.24, 2.45) is 11.8 Å². The molecule has 2 aromatic rings. The number of carbonyl (C=O) groups excluding carboxylic acids is 4. The van der Waals surface area contributed by atoms with Crippen LogP contribution in [0.5, 0.6) is 0 Å². The van der Waals surface area contributed by atoms with Crippen LogP contribution in [0.4, 0.5) is 15.3 Å². The molecule has 2 aromatic carbocycles. The summed E-state index contributed by atoms with van der Waals surface area (Å²) in [4.78, 5) is 55.2. The smallest absolute Gasteiger partial charge is 0.418 e. The number of nitrogens with zero attached hydrogens (tertiary/aromatic N) is 2. The Bertz CT molecular complexity index is 1280. The van der Waals surface area contributed by atoms with E-state index in [0.29, 0.717) is 42.5 Å². The first-order chi connectivity index (χ1) is 18.4. The van der Waals surface area contributed by atoms with E-state index in [-0.39, 0.29) is 24.5 Å². The lowest BCUT2D eigenvalue weighted by atomic mass is 9.94. The van der Waals surface area contributed by atoms with Crippen LogP contribution in [0, 0.1) is 11.8 Å². The van der Waals surface area contributed by atoms with Gasteiger partial charge in [0.1, 0.15) is 6.54 Å². The highest BCUT2D eigenvalue weighted by Crippen LogP contribution is 2.48. The summed E-state index contributed by atoms with van der Waals surface area (Å²) in [6.45, 7) is 0.136. The fraction of sp³-hybridized carbons (Fsp3) is 0.448. The van der Waals surface area contributed by atoms with Crippen LogP contribution >= 0.6 is 0 Å². The third-order valence-electron chi connectivity index (χ3n) is 8.22. The molecular weight excluding hydrogens is 484 g/mol. The molecule has 1 heterocycles. The zero-order valence-corrected chi connectivity index (χ0v) is 21.4. The Morgan fingerprint density at radius 1 is 1.08 bits per heavy atom. The Balaban J connectivity index is 1.23. The number of fused-ring (bicyclic) bond motifs is 2. The Hall–Kier alpha value is -3.88. The van der Waals surface area contributed by atoms with Gasteiger partial charge in [0.05, 0.1) is 0 Å². The van der Waals surface area contributed by atoms with Crippen LogP contribution in [0.1, 0.15) is 48.8 Å². The van der Waals surface area contributed by atoms with Crippen molar-refractivity contribution in [2.45, 2.75) is 56.7 Å². The van der Waals surface area contributed by atoms with Gasteiger partial charge in [0, 0.05) is 37.3 Å². The van der Waals surface area contributed by atoms with Gasteiger partial charge in [-0.15, -0.1) is 0 Å². The van der Waals surface area contributed by atoms with E-state index < -0.39 is 17.6 Å². The lowest BCUT2D eigenvalue weighted by Crippen LogP contribution is -2.49. The molecular formula is C29H32N4O5. The molecule has 1 saturated heterocycles. The normalized spacial score (nSPS) is 22.0. The molecule has 5 amide bonds. The standard InChI is InChI=1S/C29H32N4O5/c1-30-27(36)31-22-11-12-23-21(15-22)13-14-29(23)26(35)33(28(37)38-29)17-24(34)32(16-18-5-3-2-4-6-18)25(19-7-8-19)20-9-10-20/h2-6,11-12,15,19-20,25H,7-10,13-14,16-17H2,1H3,(H2,30,31,36). The Morgan fingerprint density at radius 3 is 2.45 bits per heavy atom. The summed E-state index contributed by atoms with van der Waals surface area (Å²) in [5.74, 6) is 0.267. The number of carbonyl (C=O) groups is 4. The van der Waals surface area contributed by atoms with Crippen LogP contribution in [0.25, 0.3) is 0 Å². The molecule has 38 heavy (non-hydrogen) atoms. The SMILES string of the molecule is CNC(=O)Nc1ccc2c(c1)CCC21OC(=O)N(CC(=O)N(Cc2ccccc2)C(C2CC2)C2CC2)C1=O. The van der Waals surface area contributed by atoms with Crippen LogP contribution in [0.3, 0.4) is 0 Å². The van der Waals surface area contributed by atoms with Crippen LogP contribution in [0.15, 0.2) is 48.5 Å². The average molecular weight is 517 g/mol. The predicted molar refractivity (Wildman–Crippen MR) is 139 cm³/mol. The molecule has 0 aromatic heterocycles. The summed E-state index contributed by atoms with van der Waals surface area (Å²) in [5.41, 5.74) is 1.65. The number of rotatable bonds is 8. The van der Waals surface area contributed by atoms with Gasteiger partial charge in [0.25, 0.3) is 5.91 Å². The van der Waals surface area contributed by atoms with Crippen molar-refractivity contribution in [2.75, 3.05) is 18.9 Å². The highest BCUT2D eigenvalue weighted by molar-refractivity contribution is 6.06. The second-order valence-electron chi connectivity index (χ2n) is 10.8. The second-order valence-corrected chi connectivity index (χ2v) is 10.8. The molecule has 1 unspecified atom stereocenters. The first-order valence-corrected chi connectivity index (χ1v) is 13.4. The average Bonchev–Trinajstić information content (AvgIpc) is 3.86. The summed E-state index contributed by atoms with van der Waals surface area (Å²) in [6, 6.07) is 14.9. The minimum atomic E-state index is -1.42. The van der Waals surface area contributed by atoms with Gasteiger partial charge in [-0.05, 0) is 67.2 Å². The van der Waals surface area contributed by atoms with Gasteiger partial charge in [0.15, 0.2) is 0 Å². The van der Waals surface area contributed by atoms with E-state index in [1.807, 2.05) is 35.2 Å². The molecule has 9 nitrogen and oxygen atoms in total. The zero-order valence-electron chi connectivity index (χ0n) is 21.4. The molecule has 1 aliphatic heterocycles. The summed E-state index contributed by atoms with van der Waals surface area (Å²) in [6.07, 6.45) is 4.49. The van der Waals surface area contributed by atoms with Crippen molar-refractivity contribution >= 4 is 29.6 Å². The maximum absolute atomic E-state index is 13.8. The summed E-state index contributed by atoms with van der Waals surface area (Å²) in [5, 5.41) is 5.23. The summed E-state index contributed by atoms with van der Waals surface area (Å²) < 4.78 is 5.75. The van der Waals surface area contributed by atoms with Gasteiger partial charge in [0.2, 0.25) is 11.5 Å². The van der Waals surface area contributed by atoms with Crippen molar-refractivity contribution in [3.05, 3.63) is 65.2 Å². The number of amides is 5. The number of anilines is 1. The monoisotopic (exact) mass is 516 g/mol. The third-order valence-corrected chi connectivity index (χ3v) is 8.22. The van der Waals surface area contributed by atoms with Gasteiger partial charge < -0.3 is 20.3 Å². The van der Waals surface area contributed by atoms with Crippen LogP contribution < -0.4 is 10.6 Å². The van der Waals surface area contributed by atoms with E-state index in [1.165, 1.54) is 7.05 Å². The van der Waals surface area contributed by atoms with Crippen molar-refractivity contribution in [1.29, 1.82) is 0 Å². The third kappa shape index (κ3) is 4.40. The minimum Gasteiger partial charge on any atom is -0.427 e. The maximum Gasteiger partial charge on any atom is 0.418 e. The first kappa shape index (κ1) is 24.5. The van der Waals surface area contributed by atoms with Crippen LogP contribution in [-0.4, -0.2) is 53.4 Å². The van der Waals surface area contributed by atoms with Gasteiger partial charge >= 0.3 is 12.1 Å². The van der Waals surface area contributed by atoms with E-state index in [2.05, 4.69) is 10.6 Å². The van der Waals surface area contributed by atoms with Crippen molar-refractivity contribution in [3.8, 4) is 0 Å². The number of hydrogen-bond acceptors (Lipinski definition) is 5. The first-order valence-electron chi connectivity index (χ1n) is 13.4. The van der Waals surface area contributed by atoms with Crippen molar-refractivity contribution < 1.29 is 23.9 Å². The largest absolute Gasteiger partial charge is 0.427 e. The molecule has 1 spiro atoms. The van der Waals surface area contributed by atoms with Crippen molar-refractivity contribution in [1.82, 2.24) is 15.1 Å². The summed E-state index contributed by atoms with van der Waals surface area (Å²) in [7, 11) is 1.53. The highest BCUT2D eigenvalue weighted by Gasteiger charge is 2.58. The number of imide groups is 1. The van der Waals surface area contributed by atoms with Gasteiger partial charge in [-0.25, -0.2) is 14.5 Å². The number of nitrogens with one attached hydrogen (secondary N) is 2. The molecule has 0 bridgehead atoms. The van der Waals surface area contributed by atoms with E-state index in [0.717, 1.165) is 41.7 Å². The Morgan fingerprint density at radius 2 is 1.79 bits per heavy atom. The topological polar surface area (TPSA) is 108 Å². The molecule has 3 fully saturated rings.